The molecule has 0 aromatic rings. The first-order valence-electron chi connectivity index (χ1n) is 16.2. The van der Waals surface area contributed by atoms with Crippen LogP contribution in [0.5, 0.6) is 0 Å². The number of fused-ring (bicyclic) bond motifs is 5. The molecule has 0 amide bonds. The van der Waals surface area contributed by atoms with Gasteiger partial charge in [-0.2, -0.15) is 0 Å². The van der Waals surface area contributed by atoms with Crippen LogP contribution in [0.25, 0.3) is 0 Å². The van der Waals surface area contributed by atoms with Crippen molar-refractivity contribution in [3.63, 3.8) is 0 Å². The van der Waals surface area contributed by atoms with E-state index in [9.17, 15) is 44.5 Å². The number of carbonyl (C=O) groups is 4. The summed E-state index contributed by atoms with van der Waals surface area (Å²) in [4.78, 5) is 81.0. The molecule has 268 valence electrons. The van der Waals surface area contributed by atoms with Gasteiger partial charge in [-0.1, -0.05) is 25.5 Å². The molecule has 0 heterocycles. The highest BCUT2D eigenvalue weighted by Gasteiger charge is 2.70. The lowest BCUT2D eigenvalue weighted by molar-refractivity contribution is -0.758. The molecule has 48 heavy (non-hydrogen) atoms. The van der Waals surface area contributed by atoms with Gasteiger partial charge in [0.2, 0.25) is 5.78 Å². The first-order valence-corrected chi connectivity index (χ1v) is 16.2. The third-order valence-corrected chi connectivity index (χ3v) is 10.8. The van der Waals surface area contributed by atoms with Crippen LogP contribution in [-0.4, -0.2) is 96.7 Å². The molecule has 0 aromatic carbocycles. The van der Waals surface area contributed by atoms with E-state index in [0.717, 1.165) is 5.57 Å². The fourth-order valence-electron chi connectivity index (χ4n) is 8.73. The summed E-state index contributed by atoms with van der Waals surface area (Å²) in [6, 6.07) is 0. The fraction of sp³-hybridized carbons (Fsp3) is 0.806. The molecule has 0 bridgehead atoms. The fourth-order valence-corrected chi connectivity index (χ4v) is 8.73. The molecule has 17 heteroatoms. The molecule has 0 spiro atoms. The zero-order valence-corrected chi connectivity index (χ0v) is 27.3. The van der Waals surface area contributed by atoms with E-state index in [1.54, 1.807) is 0 Å². The minimum Gasteiger partial charge on any atom is -0.456 e. The van der Waals surface area contributed by atoms with Crippen molar-refractivity contribution >= 4 is 23.5 Å². The van der Waals surface area contributed by atoms with Gasteiger partial charge in [-0.25, -0.2) is 4.79 Å². The van der Waals surface area contributed by atoms with Gasteiger partial charge < -0.3 is 33.7 Å². The van der Waals surface area contributed by atoms with Crippen molar-refractivity contribution in [3.8, 4) is 0 Å². The predicted molar refractivity (Wildman–Crippen MR) is 160 cm³/mol. The number of nitrogens with zero attached hydrogens (tertiary/aromatic N) is 2. The second-order valence-corrected chi connectivity index (χ2v) is 13.4. The minimum atomic E-state index is -1.74. The molecule has 3 saturated carbocycles. The Labute approximate surface area is 276 Å². The number of aliphatic hydroxyl groups is 1. The summed E-state index contributed by atoms with van der Waals surface area (Å²) in [5.74, 6) is -2.42. The van der Waals surface area contributed by atoms with Crippen LogP contribution >= 0.6 is 0 Å². The van der Waals surface area contributed by atoms with Crippen molar-refractivity contribution in [1.29, 1.82) is 0 Å². The van der Waals surface area contributed by atoms with Crippen LogP contribution in [0.15, 0.2) is 11.6 Å². The molecule has 4 rings (SSSR count). The van der Waals surface area contributed by atoms with Crippen molar-refractivity contribution in [2.75, 3.05) is 46.2 Å². The Morgan fingerprint density at radius 3 is 2.38 bits per heavy atom. The summed E-state index contributed by atoms with van der Waals surface area (Å²) in [6.07, 6.45) is 3.79. The van der Waals surface area contributed by atoms with Gasteiger partial charge in [-0.05, 0) is 61.7 Å². The molecule has 0 radical (unpaired) electrons. The minimum absolute atomic E-state index is 0.0231. The molecule has 7 atom stereocenters. The zero-order valence-electron chi connectivity index (χ0n) is 27.3. The third-order valence-electron chi connectivity index (χ3n) is 10.8. The standard InChI is InChI=1S/C31H44N2O15/c1-29-9-7-21(34)16-20(29)5-6-22-23-8-10-31(30(23,2)17-24(35)28(22)29,48-26(37)4-3-11-46-32(39)40)25(36)18-45-27(38)19-44-13-12-43-14-15-47-33(41)42/h5,22-24,28,35H,3-4,6-19H2,1-2H3/t22?,23?,24-,28+,29-,30-,31-/m0/s1. The second-order valence-electron chi connectivity index (χ2n) is 13.4. The van der Waals surface area contributed by atoms with E-state index in [4.69, 9.17) is 18.9 Å². The van der Waals surface area contributed by atoms with Gasteiger partial charge in [0, 0.05) is 24.7 Å². The van der Waals surface area contributed by atoms with E-state index in [1.165, 1.54) is 0 Å². The number of allylic oxidation sites excluding steroid dienone is 2. The molecule has 1 N–H and O–H groups in total. The summed E-state index contributed by atoms with van der Waals surface area (Å²) >= 11 is 0. The molecule has 4 aliphatic rings. The Morgan fingerprint density at radius 2 is 1.65 bits per heavy atom. The number of hydrogen-bond acceptors (Lipinski definition) is 15. The van der Waals surface area contributed by atoms with Crippen molar-refractivity contribution in [2.24, 2.45) is 28.6 Å². The first kappa shape index (κ1) is 37.1. The Bertz CT molecular complexity index is 1290. The number of ketones is 2. The van der Waals surface area contributed by atoms with Gasteiger partial charge in [0.05, 0.1) is 32.5 Å². The van der Waals surface area contributed by atoms with Crippen LogP contribution in [0.4, 0.5) is 0 Å². The normalized spacial score (nSPS) is 32.1. The average molecular weight is 685 g/mol. The molecule has 4 aliphatic carbocycles. The van der Waals surface area contributed by atoms with Crippen LogP contribution in [0.2, 0.25) is 0 Å². The Kier molecular flexibility index (Phi) is 12.1. The quantitative estimate of drug-likeness (QED) is 0.0716. The maximum Gasteiger partial charge on any atom is 0.332 e. The molecule has 2 unspecified atom stereocenters. The highest BCUT2D eigenvalue weighted by molar-refractivity contribution is 5.93. The average Bonchev–Trinajstić information content (AvgIpc) is 3.31. The largest absolute Gasteiger partial charge is 0.456 e. The van der Waals surface area contributed by atoms with Crippen molar-refractivity contribution < 1.29 is 63.1 Å². The Balaban J connectivity index is 1.45. The van der Waals surface area contributed by atoms with E-state index in [-0.39, 0.29) is 87.7 Å². The van der Waals surface area contributed by atoms with Gasteiger partial charge in [0.25, 0.3) is 10.2 Å². The van der Waals surface area contributed by atoms with Crippen LogP contribution in [0.1, 0.15) is 71.6 Å². The molecular weight excluding hydrogens is 640 g/mol. The number of rotatable bonds is 18. The van der Waals surface area contributed by atoms with E-state index in [2.05, 4.69) is 22.7 Å². The first-order chi connectivity index (χ1) is 22.7. The van der Waals surface area contributed by atoms with Gasteiger partial charge >= 0.3 is 11.9 Å². The number of carbonyl (C=O) groups excluding carboxylic acids is 4. The van der Waals surface area contributed by atoms with Gasteiger partial charge in [0.1, 0.15) is 19.0 Å². The van der Waals surface area contributed by atoms with Crippen molar-refractivity contribution in [2.45, 2.75) is 83.3 Å². The number of Topliss-reactive ketones (excluding diaryl/α,β-unsaturated/α-hetero) is 2. The summed E-state index contributed by atoms with van der Waals surface area (Å²) in [6.45, 7) is 2.05. The van der Waals surface area contributed by atoms with Crippen molar-refractivity contribution in [3.05, 3.63) is 31.9 Å². The molecule has 0 saturated heterocycles. The topological polar surface area (TPSA) is 230 Å². The van der Waals surface area contributed by atoms with Gasteiger partial charge in [-0.3, -0.25) is 14.4 Å². The number of aliphatic hydroxyl groups excluding tert-OH is 1. The van der Waals surface area contributed by atoms with E-state index < -0.39 is 58.2 Å². The van der Waals surface area contributed by atoms with Crippen LogP contribution in [-0.2, 0) is 47.8 Å². The highest BCUT2D eigenvalue weighted by atomic mass is 17.0. The number of ether oxygens (including phenoxy) is 4. The summed E-state index contributed by atoms with van der Waals surface area (Å²) in [5.41, 5.74) is -2.08. The Hall–Kier alpha value is -3.70. The smallest absolute Gasteiger partial charge is 0.332 e. The monoisotopic (exact) mass is 684 g/mol. The second kappa shape index (κ2) is 15.7. The summed E-state index contributed by atoms with van der Waals surface area (Å²) < 4.78 is 21.5. The summed E-state index contributed by atoms with van der Waals surface area (Å²) in [5, 5.41) is 30.5. The maximum absolute atomic E-state index is 14.1. The van der Waals surface area contributed by atoms with Crippen LogP contribution in [0.3, 0.4) is 0 Å². The molecular formula is C31H44N2O15. The zero-order chi connectivity index (χ0) is 35.1. The molecule has 3 fully saturated rings. The van der Waals surface area contributed by atoms with Crippen LogP contribution in [0, 0.1) is 48.8 Å². The van der Waals surface area contributed by atoms with E-state index >= 15 is 0 Å². The lowest BCUT2D eigenvalue weighted by Gasteiger charge is -2.60. The SMILES string of the molecule is C[C@]12CCC(=O)CC1=CCC1C3CC[C@](OC(=O)CCCO[N+](=O)[O-])(C(=O)COC(=O)COCCOCCO[N+](=O)[O-])[C@@]3(C)C[C@H](O)[C@@H]12. The highest BCUT2D eigenvalue weighted by Crippen LogP contribution is 2.68. The van der Waals surface area contributed by atoms with Crippen LogP contribution < -0.4 is 0 Å². The lowest BCUT2D eigenvalue weighted by atomic mass is 9.46. The number of esters is 2. The summed E-state index contributed by atoms with van der Waals surface area (Å²) in [7, 11) is 0. The van der Waals surface area contributed by atoms with Gasteiger partial charge in [-0.15, -0.1) is 20.2 Å². The molecule has 0 aromatic heterocycles. The van der Waals surface area contributed by atoms with Crippen molar-refractivity contribution in [1.82, 2.24) is 0 Å². The molecule has 0 aliphatic heterocycles. The van der Waals surface area contributed by atoms with E-state index in [1.807, 2.05) is 6.92 Å². The Morgan fingerprint density at radius 1 is 0.958 bits per heavy atom. The molecule has 17 nitrogen and oxygen atoms in total. The maximum atomic E-state index is 14.1. The number of hydrogen-bond donors (Lipinski definition) is 1. The lowest BCUT2D eigenvalue weighted by Crippen LogP contribution is -2.63. The van der Waals surface area contributed by atoms with E-state index in [0.29, 0.717) is 32.1 Å². The predicted octanol–water partition coefficient (Wildman–Crippen LogP) is 2.11. The third kappa shape index (κ3) is 7.94. The van der Waals surface area contributed by atoms with Gasteiger partial charge in [0.15, 0.2) is 12.2 Å².